The number of benzene rings is 2. The number of anilines is 2. The summed E-state index contributed by atoms with van der Waals surface area (Å²) in [5.74, 6) is -0.0916. The maximum Gasteiger partial charge on any atom is 0.261 e. The maximum atomic E-state index is 13.4. The van der Waals surface area contributed by atoms with Gasteiger partial charge in [0.15, 0.2) is 0 Å². The summed E-state index contributed by atoms with van der Waals surface area (Å²) in [4.78, 5) is 18.8. The van der Waals surface area contributed by atoms with Gasteiger partial charge in [-0.15, -0.1) is 0 Å². The van der Waals surface area contributed by atoms with E-state index in [1.54, 1.807) is 35.4 Å². The summed E-state index contributed by atoms with van der Waals surface area (Å²) >= 11 is 5.87. The molecule has 1 N–H and O–H groups in total. The van der Waals surface area contributed by atoms with Crippen LogP contribution in [-0.4, -0.2) is 10.9 Å². The van der Waals surface area contributed by atoms with Crippen LogP contribution in [0.4, 0.5) is 15.9 Å². The van der Waals surface area contributed by atoms with Gasteiger partial charge in [-0.25, -0.2) is 9.37 Å². The Bertz CT molecular complexity index is 948. The van der Waals surface area contributed by atoms with Crippen molar-refractivity contribution in [1.82, 2.24) is 4.98 Å². The van der Waals surface area contributed by atoms with E-state index in [-0.39, 0.29) is 10.9 Å². The topological polar surface area (TPSA) is 45.2 Å². The average Bonchev–Trinajstić information content (AvgIpc) is 2.91. The highest BCUT2D eigenvalue weighted by molar-refractivity contribution is 6.31. The van der Waals surface area contributed by atoms with E-state index in [4.69, 9.17) is 11.6 Å². The first-order chi connectivity index (χ1) is 12.1. The Morgan fingerprint density at radius 2 is 1.88 bits per heavy atom. The zero-order chi connectivity index (χ0) is 17.4. The molecule has 0 aliphatic carbocycles. The minimum Gasteiger partial charge on any atom is -0.361 e. The number of halogens is 2. The molecule has 3 aromatic rings. The zero-order valence-corrected chi connectivity index (χ0v) is 13.7. The number of carbonyl (C=O) groups excluding carboxylic acids is 1. The summed E-state index contributed by atoms with van der Waals surface area (Å²) in [5.41, 5.74) is 2.05. The van der Waals surface area contributed by atoms with Gasteiger partial charge in [-0.2, -0.15) is 0 Å². The molecular formula is C19H13ClFN3O. The Morgan fingerprint density at radius 1 is 1.08 bits per heavy atom. The van der Waals surface area contributed by atoms with Crippen LogP contribution in [0.5, 0.6) is 0 Å². The van der Waals surface area contributed by atoms with E-state index in [1.807, 2.05) is 24.3 Å². The number of nitrogens with zero attached hydrogens (tertiary/aromatic N) is 2. The summed E-state index contributed by atoms with van der Waals surface area (Å²) in [5, 5.41) is 3.28. The number of fused-ring (bicyclic) bond motifs is 1. The molecule has 2 heterocycles. The van der Waals surface area contributed by atoms with Crippen LogP contribution in [0.3, 0.4) is 0 Å². The number of carbonyl (C=O) groups is 1. The molecule has 1 aliphatic rings. The molecule has 0 saturated heterocycles. The fourth-order valence-electron chi connectivity index (χ4n) is 2.93. The number of aromatic nitrogens is 1. The van der Waals surface area contributed by atoms with Crippen molar-refractivity contribution < 1.29 is 9.18 Å². The Hall–Kier alpha value is -2.92. The average molecular weight is 354 g/mol. The Morgan fingerprint density at radius 3 is 2.64 bits per heavy atom. The lowest BCUT2D eigenvalue weighted by Crippen LogP contribution is -2.32. The summed E-state index contributed by atoms with van der Waals surface area (Å²) in [6.45, 7) is 0. The normalized spacial score (nSPS) is 16.0. The molecule has 0 spiro atoms. The van der Waals surface area contributed by atoms with Gasteiger partial charge in [-0.3, -0.25) is 9.69 Å². The lowest BCUT2D eigenvalue weighted by atomic mass is 10.1. The molecular weight excluding hydrogens is 341 g/mol. The zero-order valence-electron chi connectivity index (χ0n) is 13.0. The van der Waals surface area contributed by atoms with Crippen LogP contribution in [0.15, 0.2) is 66.9 Å². The smallest absolute Gasteiger partial charge is 0.261 e. The molecule has 4 nitrogen and oxygen atoms in total. The summed E-state index contributed by atoms with van der Waals surface area (Å²) in [7, 11) is 0. The fourth-order valence-corrected chi connectivity index (χ4v) is 3.12. The van der Waals surface area contributed by atoms with E-state index >= 15 is 0 Å². The monoisotopic (exact) mass is 353 g/mol. The van der Waals surface area contributed by atoms with Gasteiger partial charge >= 0.3 is 0 Å². The number of nitrogens with one attached hydrogen (secondary N) is 1. The van der Waals surface area contributed by atoms with Gasteiger partial charge in [0, 0.05) is 23.0 Å². The molecule has 1 amide bonds. The van der Waals surface area contributed by atoms with Crippen molar-refractivity contribution in [3.05, 3.63) is 88.8 Å². The summed E-state index contributed by atoms with van der Waals surface area (Å²) in [6.07, 6.45) is 1.18. The van der Waals surface area contributed by atoms with Crippen molar-refractivity contribution in [2.75, 3.05) is 10.2 Å². The second-order valence-electron chi connectivity index (χ2n) is 5.63. The third-order valence-corrected chi connectivity index (χ3v) is 4.37. The molecule has 0 unspecified atom stereocenters. The third kappa shape index (κ3) is 2.72. The number of hydrogen-bond acceptors (Lipinski definition) is 3. The van der Waals surface area contributed by atoms with E-state index in [0.29, 0.717) is 17.1 Å². The molecule has 124 valence electrons. The number of amides is 1. The number of pyridine rings is 1. The van der Waals surface area contributed by atoms with Gasteiger partial charge in [0.1, 0.15) is 17.8 Å². The second kappa shape index (κ2) is 6.18. The quantitative estimate of drug-likeness (QED) is 0.745. The van der Waals surface area contributed by atoms with Crippen LogP contribution in [0.2, 0.25) is 5.02 Å². The van der Waals surface area contributed by atoms with Crippen LogP contribution in [0.25, 0.3) is 0 Å². The highest BCUT2D eigenvalue weighted by atomic mass is 35.5. The van der Waals surface area contributed by atoms with Crippen molar-refractivity contribution in [3.8, 4) is 0 Å². The van der Waals surface area contributed by atoms with Gasteiger partial charge in [0.2, 0.25) is 0 Å². The molecule has 0 fully saturated rings. The lowest BCUT2D eigenvalue weighted by Gasteiger charge is -2.26. The minimum atomic E-state index is -0.489. The predicted molar refractivity (Wildman–Crippen MR) is 95.3 cm³/mol. The van der Waals surface area contributed by atoms with E-state index < -0.39 is 12.0 Å². The maximum absolute atomic E-state index is 13.4. The first-order valence-corrected chi connectivity index (χ1v) is 8.08. The molecule has 1 aromatic heterocycles. The van der Waals surface area contributed by atoms with Crippen LogP contribution in [0, 0.1) is 5.82 Å². The number of hydrogen-bond donors (Lipinski definition) is 1. The SMILES string of the molecule is O=C1c2ccccc2[C@@H](Nc2ccc(F)c(Cl)c2)N1c1ccccn1. The van der Waals surface area contributed by atoms with Crippen LogP contribution < -0.4 is 10.2 Å². The molecule has 6 heteroatoms. The van der Waals surface area contributed by atoms with E-state index in [9.17, 15) is 9.18 Å². The van der Waals surface area contributed by atoms with Crippen molar-refractivity contribution >= 4 is 29.0 Å². The summed E-state index contributed by atoms with van der Waals surface area (Å²) in [6, 6.07) is 17.1. The fraction of sp³-hybridized carbons (Fsp3) is 0.0526. The van der Waals surface area contributed by atoms with Crippen LogP contribution >= 0.6 is 11.6 Å². The van der Waals surface area contributed by atoms with E-state index in [1.165, 1.54) is 12.1 Å². The van der Waals surface area contributed by atoms with Crippen LogP contribution in [-0.2, 0) is 0 Å². The van der Waals surface area contributed by atoms with E-state index in [2.05, 4.69) is 10.3 Å². The Balaban J connectivity index is 1.78. The predicted octanol–water partition coefficient (Wildman–Crippen LogP) is 4.65. The van der Waals surface area contributed by atoms with E-state index in [0.717, 1.165) is 5.56 Å². The van der Waals surface area contributed by atoms with Crippen molar-refractivity contribution in [2.45, 2.75) is 6.17 Å². The van der Waals surface area contributed by atoms with Crippen LogP contribution in [0.1, 0.15) is 22.1 Å². The second-order valence-corrected chi connectivity index (χ2v) is 6.03. The standard InChI is InChI=1S/C19H13ClFN3O/c20-15-11-12(8-9-16(15)21)23-18-13-5-1-2-6-14(13)19(25)24(18)17-7-3-4-10-22-17/h1-11,18,23H/t18-/m0/s1. The van der Waals surface area contributed by atoms with Gasteiger partial charge in [0.05, 0.1) is 5.02 Å². The Kier molecular flexibility index (Phi) is 3.86. The molecule has 0 saturated carbocycles. The first-order valence-electron chi connectivity index (χ1n) is 7.70. The molecule has 25 heavy (non-hydrogen) atoms. The summed E-state index contributed by atoms with van der Waals surface area (Å²) < 4.78 is 13.4. The molecule has 4 rings (SSSR count). The molecule has 2 aromatic carbocycles. The highest BCUT2D eigenvalue weighted by Crippen LogP contribution is 2.37. The van der Waals surface area contributed by atoms with Gasteiger partial charge in [-0.05, 0) is 36.4 Å². The molecule has 1 aliphatic heterocycles. The largest absolute Gasteiger partial charge is 0.361 e. The first kappa shape index (κ1) is 15.6. The lowest BCUT2D eigenvalue weighted by molar-refractivity contribution is 0.0992. The van der Waals surface area contributed by atoms with Crippen molar-refractivity contribution in [2.24, 2.45) is 0 Å². The Labute approximate surface area is 148 Å². The van der Waals surface area contributed by atoms with Gasteiger partial charge < -0.3 is 5.32 Å². The van der Waals surface area contributed by atoms with Gasteiger partial charge in [-0.1, -0.05) is 35.9 Å². The molecule has 0 bridgehead atoms. The third-order valence-electron chi connectivity index (χ3n) is 4.08. The number of rotatable bonds is 3. The molecule has 0 radical (unpaired) electrons. The minimum absolute atomic E-state index is 0.0204. The van der Waals surface area contributed by atoms with Gasteiger partial charge in [0.25, 0.3) is 5.91 Å². The van der Waals surface area contributed by atoms with Crippen molar-refractivity contribution in [1.29, 1.82) is 0 Å². The van der Waals surface area contributed by atoms with Crippen molar-refractivity contribution in [3.63, 3.8) is 0 Å². The highest BCUT2D eigenvalue weighted by Gasteiger charge is 2.38. The molecule has 1 atom stereocenters.